The van der Waals surface area contributed by atoms with Gasteiger partial charge in [-0.3, -0.25) is 4.79 Å². The topological polar surface area (TPSA) is 50.1 Å². The summed E-state index contributed by atoms with van der Waals surface area (Å²) in [5.41, 5.74) is 0.954. The summed E-state index contributed by atoms with van der Waals surface area (Å²) in [6.07, 6.45) is 1.83. The van der Waals surface area contributed by atoms with Crippen molar-refractivity contribution in [3.63, 3.8) is 0 Å². The molecule has 3 nitrogen and oxygen atoms in total. The number of nitriles is 1. The Morgan fingerprint density at radius 1 is 1.33 bits per heavy atom. The molecule has 1 saturated heterocycles. The molecule has 1 unspecified atom stereocenters. The molecule has 0 saturated carbocycles. The van der Waals surface area contributed by atoms with Crippen molar-refractivity contribution in [2.24, 2.45) is 5.92 Å². The molecule has 0 aliphatic carbocycles. The van der Waals surface area contributed by atoms with Crippen LogP contribution in [0.1, 0.15) is 30.7 Å². The summed E-state index contributed by atoms with van der Waals surface area (Å²) >= 11 is 0. The predicted octanol–water partition coefficient (Wildman–Crippen LogP) is 2.68. The third kappa shape index (κ3) is 2.96. The molecule has 0 amide bonds. The van der Waals surface area contributed by atoms with Crippen LogP contribution in [0, 0.1) is 17.2 Å². The number of Topliss-reactive ketones (excluding diaryl/α,β-unsaturated/α-hetero) is 1. The highest BCUT2D eigenvalue weighted by molar-refractivity contribution is 5.88. The van der Waals surface area contributed by atoms with Gasteiger partial charge in [-0.15, -0.1) is 0 Å². The fraction of sp³-hybridized carbons (Fsp3) is 0.467. The first-order valence-electron chi connectivity index (χ1n) is 6.36. The number of rotatable bonds is 4. The van der Waals surface area contributed by atoms with Crippen LogP contribution in [0.4, 0.5) is 0 Å². The lowest BCUT2D eigenvalue weighted by atomic mass is 9.82. The summed E-state index contributed by atoms with van der Waals surface area (Å²) < 4.78 is 5.28. The van der Waals surface area contributed by atoms with Gasteiger partial charge in [-0.2, -0.15) is 5.26 Å². The molecular formula is C15H17NO2. The van der Waals surface area contributed by atoms with Crippen LogP contribution in [0.25, 0.3) is 0 Å². The standard InChI is InChI=1S/C15H17NO2/c16-9-6-14(12-4-2-1-3-5-12)15(17)13-7-10-18-11-8-13/h1-5,13-14H,6-8,10-11H2. The maximum atomic E-state index is 12.5. The maximum Gasteiger partial charge on any atom is 0.144 e. The highest BCUT2D eigenvalue weighted by Gasteiger charge is 2.29. The Bertz CT molecular complexity index is 430. The van der Waals surface area contributed by atoms with Gasteiger partial charge in [-0.1, -0.05) is 30.3 Å². The second kappa shape index (κ2) is 6.32. The van der Waals surface area contributed by atoms with Gasteiger partial charge in [0, 0.05) is 25.6 Å². The fourth-order valence-corrected chi connectivity index (χ4v) is 2.43. The van der Waals surface area contributed by atoms with Gasteiger partial charge in [0.05, 0.1) is 12.0 Å². The normalized spacial score (nSPS) is 17.9. The second-order valence-electron chi connectivity index (χ2n) is 4.61. The number of nitrogens with zero attached hydrogens (tertiary/aromatic N) is 1. The van der Waals surface area contributed by atoms with E-state index in [2.05, 4.69) is 6.07 Å². The van der Waals surface area contributed by atoms with Crippen LogP contribution < -0.4 is 0 Å². The average Bonchev–Trinajstić information content (AvgIpc) is 2.46. The second-order valence-corrected chi connectivity index (χ2v) is 4.61. The molecule has 1 heterocycles. The molecule has 1 atom stereocenters. The summed E-state index contributed by atoms with van der Waals surface area (Å²) in [4.78, 5) is 12.5. The number of hydrogen-bond donors (Lipinski definition) is 0. The van der Waals surface area contributed by atoms with E-state index in [0.29, 0.717) is 13.2 Å². The molecule has 1 aromatic carbocycles. The van der Waals surface area contributed by atoms with E-state index < -0.39 is 0 Å². The number of ether oxygens (including phenoxy) is 1. The molecule has 1 aromatic rings. The Morgan fingerprint density at radius 2 is 2.00 bits per heavy atom. The van der Waals surface area contributed by atoms with Crippen molar-refractivity contribution >= 4 is 5.78 Å². The van der Waals surface area contributed by atoms with Gasteiger partial charge < -0.3 is 4.74 Å². The highest BCUT2D eigenvalue weighted by atomic mass is 16.5. The van der Waals surface area contributed by atoms with E-state index in [0.717, 1.165) is 18.4 Å². The van der Waals surface area contributed by atoms with Gasteiger partial charge in [-0.25, -0.2) is 0 Å². The third-order valence-electron chi connectivity index (χ3n) is 3.46. The molecule has 2 rings (SSSR count). The van der Waals surface area contributed by atoms with Gasteiger partial charge in [-0.05, 0) is 18.4 Å². The molecular weight excluding hydrogens is 226 g/mol. The Labute approximate surface area is 107 Å². The monoisotopic (exact) mass is 243 g/mol. The molecule has 0 N–H and O–H groups in total. The molecule has 3 heteroatoms. The third-order valence-corrected chi connectivity index (χ3v) is 3.46. The van der Waals surface area contributed by atoms with Gasteiger partial charge in [0.2, 0.25) is 0 Å². The van der Waals surface area contributed by atoms with Crippen molar-refractivity contribution in [1.29, 1.82) is 5.26 Å². The van der Waals surface area contributed by atoms with Crippen LogP contribution >= 0.6 is 0 Å². The van der Waals surface area contributed by atoms with Crippen LogP contribution in [-0.4, -0.2) is 19.0 Å². The molecule has 0 bridgehead atoms. The van der Waals surface area contributed by atoms with Gasteiger partial charge >= 0.3 is 0 Å². The fourth-order valence-electron chi connectivity index (χ4n) is 2.43. The number of carbonyl (C=O) groups is 1. The van der Waals surface area contributed by atoms with Crippen molar-refractivity contribution in [2.45, 2.75) is 25.2 Å². The minimum Gasteiger partial charge on any atom is -0.381 e. The van der Waals surface area contributed by atoms with Crippen LogP contribution in [0.5, 0.6) is 0 Å². The Kier molecular flexibility index (Phi) is 4.49. The first-order valence-corrected chi connectivity index (χ1v) is 6.36. The van der Waals surface area contributed by atoms with Crippen LogP contribution in [-0.2, 0) is 9.53 Å². The zero-order chi connectivity index (χ0) is 12.8. The Hall–Kier alpha value is -1.66. The molecule has 18 heavy (non-hydrogen) atoms. The van der Waals surface area contributed by atoms with Gasteiger partial charge in [0.1, 0.15) is 5.78 Å². The molecule has 94 valence electrons. The summed E-state index contributed by atoms with van der Waals surface area (Å²) in [6.45, 7) is 1.31. The van der Waals surface area contributed by atoms with Crippen molar-refractivity contribution < 1.29 is 9.53 Å². The lowest BCUT2D eigenvalue weighted by Crippen LogP contribution is -2.27. The van der Waals surface area contributed by atoms with Crippen LogP contribution in [0.3, 0.4) is 0 Å². The number of benzene rings is 1. The Balaban J connectivity index is 2.14. The largest absolute Gasteiger partial charge is 0.381 e. The summed E-state index contributed by atoms with van der Waals surface area (Å²) in [6, 6.07) is 11.7. The van der Waals surface area contributed by atoms with Crippen LogP contribution in [0.2, 0.25) is 0 Å². The summed E-state index contributed by atoms with van der Waals surface area (Å²) in [7, 11) is 0. The predicted molar refractivity (Wildman–Crippen MR) is 68.0 cm³/mol. The van der Waals surface area contributed by atoms with Crippen molar-refractivity contribution in [2.75, 3.05) is 13.2 Å². The van der Waals surface area contributed by atoms with E-state index in [1.807, 2.05) is 30.3 Å². The highest BCUT2D eigenvalue weighted by Crippen LogP contribution is 2.28. The number of carbonyl (C=O) groups excluding carboxylic acids is 1. The van der Waals surface area contributed by atoms with Gasteiger partial charge in [0.25, 0.3) is 0 Å². The zero-order valence-corrected chi connectivity index (χ0v) is 10.3. The average molecular weight is 243 g/mol. The number of ketones is 1. The van der Waals surface area contributed by atoms with Gasteiger partial charge in [0.15, 0.2) is 0 Å². The molecule has 0 spiro atoms. The molecule has 1 aliphatic heterocycles. The van der Waals surface area contributed by atoms with Crippen molar-refractivity contribution in [1.82, 2.24) is 0 Å². The SMILES string of the molecule is N#CCC(C(=O)C1CCOCC1)c1ccccc1. The van der Waals surface area contributed by atoms with E-state index in [-0.39, 0.29) is 24.0 Å². The Morgan fingerprint density at radius 3 is 2.61 bits per heavy atom. The van der Waals surface area contributed by atoms with E-state index in [1.54, 1.807) is 0 Å². The van der Waals surface area contributed by atoms with Crippen molar-refractivity contribution in [3.8, 4) is 6.07 Å². The van der Waals surface area contributed by atoms with Crippen molar-refractivity contribution in [3.05, 3.63) is 35.9 Å². The molecule has 0 radical (unpaired) electrons. The van der Waals surface area contributed by atoms with Crippen LogP contribution in [0.15, 0.2) is 30.3 Å². The zero-order valence-electron chi connectivity index (χ0n) is 10.3. The summed E-state index contributed by atoms with van der Waals surface area (Å²) in [5, 5.41) is 8.92. The maximum absolute atomic E-state index is 12.5. The quantitative estimate of drug-likeness (QED) is 0.817. The van der Waals surface area contributed by atoms with E-state index >= 15 is 0 Å². The van der Waals surface area contributed by atoms with E-state index in [9.17, 15) is 4.79 Å². The summed E-state index contributed by atoms with van der Waals surface area (Å²) in [5.74, 6) is -0.0253. The molecule has 1 fully saturated rings. The van der Waals surface area contributed by atoms with E-state index in [4.69, 9.17) is 10.00 Å². The van der Waals surface area contributed by atoms with E-state index in [1.165, 1.54) is 0 Å². The number of hydrogen-bond acceptors (Lipinski definition) is 3. The minimum atomic E-state index is -0.278. The lowest BCUT2D eigenvalue weighted by molar-refractivity contribution is -0.127. The molecule has 1 aliphatic rings. The lowest BCUT2D eigenvalue weighted by Gasteiger charge is -2.24. The first kappa shape index (κ1) is 12.8. The molecule has 0 aromatic heterocycles. The first-order chi connectivity index (χ1) is 8.83. The minimum absolute atomic E-state index is 0.0531. The smallest absolute Gasteiger partial charge is 0.144 e.